The van der Waals surface area contributed by atoms with Crippen molar-refractivity contribution < 1.29 is 18.4 Å². The molecule has 2 rings (SSSR count). The van der Waals surface area contributed by atoms with Crippen molar-refractivity contribution in [2.24, 2.45) is 0 Å². The average Bonchev–Trinajstić information content (AvgIpc) is 2.76. The summed E-state index contributed by atoms with van der Waals surface area (Å²) in [4.78, 5) is 14.2. The van der Waals surface area contributed by atoms with E-state index in [1.165, 1.54) is 32.3 Å². The molecule has 0 spiro atoms. The number of rotatable bonds is 4. The van der Waals surface area contributed by atoms with Crippen LogP contribution in [0.5, 0.6) is 0 Å². The molecular weight excluding hydrogens is 288 g/mol. The molecule has 0 fully saturated rings. The minimum Gasteiger partial charge on any atom is -0.388 e. The molecule has 0 aliphatic carbocycles. The Bertz CT molecular complexity index is 780. The molecule has 0 saturated carbocycles. The number of benzene rings is 1. The Morgan fingerprint density at radius 1 is 1.45 bits per heavy atom. The van der Waals surface area contributed by atoms with E-state index in [2.05, 4.69) is 4.98 Å². The van der Waals surface area contributed by atoms with Crippen LogP contribution in [0.25, 0.3) is 11.0 Å². The Labute approximate surface area is 114 Å². The molecule has 0 unspecified atom stereocenters. The zero-order chi connectivity index (χ0) is 15.1. The molecule has 0 aliphatic heterocycles. The Balaban J connectivity index is 2.92. The van der Waals surface area contributed by atoms with Gasteiger partial charge in [0.05, 0.1) is 10.4 Å². The van der Waals surface area contributed by atoms with Crippen molar-refractivity contribution in [2.75, 3.05) is 14.1 Å². The molecule has 1 heterocycles. The van der Waals surface area contributed by atoms with Crippen LogP contribution in [0.3, 0.4) is 0 Å². The van der Waals surface area contributed by atoms with Crippen LogP contribution in [0.1, 0.15) is 5.82 Å². The normalized spacial score (nSPS) is 12.2. The van der Waals surface area contributed by atoms with Gasteiger partial charge in [-0.05, 0) is 6.07 Å². The van der Waals surface area contributed by atoms with E-state index in [-0.39, 0.29) is 22.5 Å². The molecule has 2 aromatic rings. The van der Waals surface area contributed by atoms with E-state index in [0.29, 0.717) is 0 Å². The summed E-state index contributed by atoms with van der Waals surface area (Å²) in [5, 5.41) is 20.2. The van der Waals surface area contributed by atoms with Crippen LogP contribution in [0, 0.1) is 10.1 Å². The lowest BCUT2D eigenvalue weighted by Gasteiger charge is -2.14. The second-order valence-electron chi connectivity index (χ2n) is 4.14. The molecule has 108 valence electrons. The minimum absolute atomic E-state index is 0.0527. The molecule has 1 aromatic carbocycles. The highest BCUT2D eigenvalue weighted by atomic mass is 32.2. The van der Waals surface area contributed by atoms with Gasteiger partial charge in [0.15, 0.2) is 11.3 Å². The number of para-hydroxylation sites is 1. The first kappa shape index (κ1) is 14.4. The van der Waals surface area contributed by atoms with E-state index in [1.54, 1.807) is 0 Å². The van der Waals surface area contributed by atoms with Crippen LogP contribution in [-0.2, 0) is 16.8 Å². The van der Waals surface area contributed by atoms with E-state index in [9.17, 15) is 23.6 Å². The number of aliphatic hydroxyl groups excluding tert-OH is 1. The lowest BCUT2D eigenvalue weighted by molar-refractivity contribution is -0.383. The van der Waals surface area contributed by atoms with Gasteiger partial charge in [-0.3, -0.25) is 10.1 Å². The van der Waals surface area contributed by atoms with E-state index >= 15 is 0 Å². The number of nitrogens with zero attached hydrogens (tertiary/aromatic N) is 4. The number of fused-ring (bicyclic) bond motifs is 1. The molecule has 1 aromatic heterocycles. The summed E-state index contributed by atoms with van der Waals surface area (Å²) in [5.41, 5.74) is -0.339. The average molecular weight is 300 g/mol. The third kappa shape index (κ3) is 2.03. The molecule has 0 saturated heterocycles. The van der Waals surface area contributed by atoms with Crippen LogP contribution in [0.4, 0.5) is 5.69 Å². The second kappa shape index (κ2) is 4.81. The van der Waals surface area contributed by atoms with Gasteiger partial charge < -0.3 is 5.11 Å². The molecule has 20 heavy (non-hydrogen) atoms. The van der Waals surface area contributed by atoms with Gasteiger partial charge in [0.2, 0.25) is 0 Å². The maximum Gasteiger partial charge on any atom is 0.309 e. The van der Waals surface area contributed by atoms with Crippen molar-refractivity contribution in [1.82, 2.24) is 13.3 Å². The number of aliphatic hydroxyl groups is 1. The monoisotopic (exact) mass is 300 g/mol. The molecule has 0 amide bonds. The van der Waals surface area contributed by atoms with Crippen LogP contribution in [-0.4, -0.2) is 45.8 Å². The van der Waals surface area contributed by atoms with E-state index in [0.717, 1.165) is 8.28 Å². The summed E-state index contributed by atoms with van der Waals surface area (Å²) >= 11 is 0. The fourth-order valence-electron chi connectivity index (χ4n) is 1.78. The van der Waals surface area contributed by atoms with Gasteiger partial charge in [0.1, 0.15) is 6.61 Å². The fraction of sp³-hybridized carbons (Fsp3) is 0.300. The summed E-state index contributed by atoms with van der Waals surface area (Å²) in [6.45, 7) is -0.654. The van der Waals surface area contributed by atoms with Crippen molar-refractivity contribution in [3.8, 4) is 0 Å². The van der Waals surface area contributed by atoms with Gasteiger partial charge in [-0.25, -0.2) is 8.96 Å². The SMILES string of the molecule is CN(C)S(=O)(=O)n1c(CO)nc2c([N+](=O)[O-])cccc21. The Hall–Kier alpha value is -2.04. The van der Waals surface area contributed by atoms with Crippen molar-refractivity contribution in [3.05, 3.63) is 34.1 Å². The standard InChI is InChI=1S/C10H12N4O5S/c1-12(2)20(18,19)13-7-4-3-5-8(14(16)17)10(7)11-9(13)6-15/h3-5,15H,6H2,1-2H3. The number of imidazole rings is 1. The highest BCUT2D eigenvalue weighted by molar-refractivity contribution is 7.87. The number of non-ortho nitro benzene ring substituents is 1. The van der Waals surface area contributed by atoms with Gasteiger partial charge in [-0.1, -0.05) is 6.07 Å². The number of aromatic nitrogens is 2. The fourth-order valence-corrected chi connectivity index (χ4v) is 2.87. The molecule has 0 bridgehead atoms. The van der Waals surface area contributed by atoms with E-state index in [4.69, 9.17) is 0 Å². The summed E-state index contributed by atoms with van der Waals surface area (Å²) in [7, 11) is -1.30. The topological polar surface area (TPSA) is 119 Å². The van der Waals surface area contributed by atoms with Gasteiger partial charge in [-0.15, -0.1) is 0 Å². The quantitative estimate of drug-likeness (QED) is 0.631. The minimum atomic E-state index is -3.94. The Morgan fingerprint density at radius 3 is 2.60 bits per heavy atom. The van der Waals surface area contributed by atoms with Crippen LogP contribution < -0.4 is 0 Å². The highest BCUT2D eigenvalue weighted by Gasteiger charge is 2.27. The van der Waals surface area contributed by atoms with Gasteiger partial charge in [0.25, 0.3) is 5.69 Å². The summed E-state index contributed by atoms with van der Waals surface area (Å²) < 4.78 is 26.2. The molecule has 0 atom stereocenters. The largest absolute Gasteiger partial charge is 0.388 e. The van der Waals surface area contributed by atoms with E-state index < -0.39 is 21.7 Å². The number of hydrogen-bond donors (Lipinski definition) is 1. The number of nitro benzene ring substituents is 1. The van der Waals surface area contributed by atoms with Crippen molar-refractivity contribution in [3.63, 3.8) is 0 Å². The number of nitro groups is 1. The first-order valence-electron chi connectivity index (χ1n) is 5.49. The first-order valence-corrected chi connectivity index (χ1v) is 6.89. The van der Waals surface area contributed by atoms with Crippen molar-refractivity contribution in [1.29, 1.82) is 0 Å². The lowest BCUT2D eigenvalue weighted by Crippen LogP contribution is -2.30. The maximum atomic E-state index is 12.2. The zero-order valence-electron chi connectivity index (χ0n) is 10.7. The maximum absolute atomic E-state index is 12.2. The highest BCUT2D eigenvalue weighted by Crippen LogP contribution is 2.27. The second-order valence-corrected chi connectivity index (χ2v) is 6.13. The van der Waals surface area contributed by atoms with Gasteiger partial charge >= 0.3 is 10.2 Å². The first-order chi connectivity index (χ1) is 9.30. The predicted molar refractivity (Wildman–Crippen MR) is 70.3 cm³/mol. The Morgan fingerprint density at radius 2 is 2.10 bits per heavy atom. The summed E-state index contributed by atoms with van der Waals surface area (Å²) in [6.07, 6.45) is 0. The van der Waals surface area contributed by atoms with Gasteiger partial charge in [-0.2, -0.15) is 12.7 Å². The van der Waals surface area contributed by atoms with Crippen LogP contribution in [0.15, 0.2) is 18.2 Å². The van der Waals surface area contributed by atoms with Crippen LogP contribution in [0.2, 0.25) is 0 Å². The Kier molecular flexibility index (Phi) is 3.46. The smallest absolute Gasteiger partial charge is 0.309 e. The summed E-state index contributed by atoms with van der Waals surface area (Å²) in [6, 6.07) is 3.99. The van der Waals surface area contributed by atoms with E-state index in [1.807, 2.05) is 0 Å². The van der Waals surface area contributed by atoms with Crippen molar-refractivity contribution in [2.45, 2.75) is 6.61 Å². The molecule has 0 aliphatic rings. The molecule has 10 heteroatoms. The molecule has 0 radical (unpaired) electrons. The third-order valence-corrected chi connectivity index (χ3v) is 4.51. The van der Waals surface area contributed by atoms with Crippen molar-refractivity contribution >= 4 is 26.9 Å². The lowest BCUT2D eigenvalue weighted by atomic mass is 10.3. The molecular formula is C10H12N4O5S. The predicted octanol–water partition coefficient (Wildman–Crippen LogP) is 0.0913. The summed E-state index contributed by atoms with van der Waals surface area (Å²) in [5.74, 6) is -0.178. The zero-order valence-corrected chi connectivity index (χ0v) is 11.5. The molecule has 9 nitrogen and oxygen atoms in total. The van der Waals surface area contributed by atoms with Crippen LogP contribution >= 0.6 is 0 Å². The third-order valence-electron chi connectivity index (χ3n) is 2.72. The molecule has 1 N–H and O–H groups in total. The van der Waals surface area contributed by atoms with Gasteiger partial charge in [0, 0.05) is 20.2 Å². The number of hydrogen-bond acceptors (Lipinski definition) is 6.